The monoisotopic (exact) mass is 338 g/mol. The lowest BCUT2D eigenvalue weighted by Crippen LogP contribution is -2.19. The minimum Gasteiger partial charge on any atom is -0.494 e. The van der Waals surface area contributed by atoms with Crippen LogP contribution in [0.3, 0.4) is 0 Å². The fourth-order valence-corrected chi connectivity index (χ4v) is 3.07. The van der Waals surface area contributed by atoms with Crippen LogP contribution in [0.5, 0.6) is 5.75 Å². The van der Waals surface area contributed by atoms with Gasteiger partial charge in [0.15, 0.2) is 5.17 Å². The van der Waals surface area contributed by atoms with E-state index in [0.29, 0.717) is 16.7 Å². The number of hydrogen-bond acceptors (Lipinski definition) is 4. The summed E-state index contributed by atoms with van der Waals surface area (Å²) in [7, 11) is 0. The van der Waals surface area contributed by atoms with E-state index in [1.807, 2.05) is 68.5 Å². The van der Waals surface area contributed by atoms with Gasteiger partial charge >= 0.3 is 0 Å². The molecule has 0 aliphatic carbocycles. The van der Waals surface area contributed by atoms with Gasteiger partial charge in [-0.2, -0.15) is 0 Å². The Morgan fingerprint density at radius 3 is 2.75 bits per heavy atom. The lowest BCUT2D eigenvalue weighted by molar-refractivity contribution is -0.115. The summed E-state index contributed by atoms with van der Waals surface area (Å²) in [6.07, 6.45) is 1.85. The molecule has 5 heteroatoms. The molecule has 1 N–H and O–H groups in total. The van der Waals surface area contributed by atoms with Crippen molar-refractivity contribution < 1.29 is 9.53 Å². The molecule has 0 saturated carbocycles. The van der Waals surface area contributed by atoms with Gasteiger partial charge in [-0.25, -0.2) is 4.99 Å². The summed E-state index contributed by atoms with van der Waals surface area (Å²) in [5.41, 5.74) is 2.93. The van der Waals surface area contributed by atoms with Crippen LogP contribution in [-0.4, -0.2) is 17.7 Å². The molecule has 1 heterocycles. The molecule has 0 spiro atoms. The number of amidine groups is 1. The van der Waals surface area contributed by atoms with Crippen molar-refractivity contribution in [3.8, 4) is 5.75 Å². The van der Waals surface area contributed by atoms with Crippen molar-refractivity contribution in [1.29, 1.82) is 0 Å². The normalized spacial score (nSPS) is 17.3. The van der Waals surface area contributed by atoms with Crippen LogP contribution in [0.15, 0.2) is 58.4 Å². The van der Waals surface area contributed by atoms with E-state index in [1.165, 1.54) is 17.3 Å². The number of carbonyl (C=O) groups is 1. The van der Waals surface area contributed by atoms with Crippen LogP contribution in [0, 0.1) is 6.92 Å². The molecular weight excluding hydrogens is 320 g/mol. The number of nitrogens with one attached hydrogen (secondary N) is 1. The predicted molar refractivity (Wildman–Crippen MR) is 99.6 cm³/mol. The number of hydrogen-bond donors (Lipinski definition) is 1. The summed E-state index contributed by atoms with van der Waals surface area (Å²) in [5, 5.41) is 3.40. The van der Waals surface area contributed by atoms with Gasteiger partial charge in [-0.05, 0) is 61.5 Å². The first-order valence-electron chi connectivity index (χ1n) is 7.73. The molecule has 0 bridgehead atoms. The van der Waals surface area contributed by atoms with E-state index in [2.05, 4.69) is 10.3 Å². The minimum absolute atomic E-state index is 0.132. The van der Waals surface area contributed by atoms with Crippen LogP contribution in [0.1, 0.15) is 18.1 Å². The number of amides is 1. The predicted octanol–water partition coefficient (Wildman–Crippen LogP) is 4.29. The van der Waals surface area contributed by atoms with Crippen LogP contribution < -0.4 is 10.1 Å². The zero-order chi connectivity index (χ0) is 16.9. The Labute approximate surface area is 145 Å². The second-order valence-electron chi connectivity index (χ2n) is 5.32. The minimum atomic E-state index is -0.132. The average Bonchev–Trinajstić information content (AvgIpc) is 2.90. The Hall–Kier alpha value is -2.53. The molecule has 0 unspecified atom stereocenters. The van der Waals surface area contributed by atoms with Gasteiger partial charge in [0.25, 0.3) is 5.91 Å². The fraction of sp³-hybridized carbons (Fsp3) is 0.158. The zero-order valence-electron chi connectivity index (χ0n) is 13.6. The summed E-state index contributed by atoms with van der Waals surface area (Å²) in [4.78, 5) is 17.2. The summed E-state index contributed by atoms with van der Waals surface area (Å²) >= 11 is 1.34. The van der Waals surface area contributed by atoms with E-state index in [-0.39, 0.29) is 5.91 Å². The summed E-state index contributed by atoms with van der Waals surface area (Å²) < 4.78 is 5.49. The van der Waals surface area contributed by atoms with Gasteiger partial charge < -0.3 is 10.1 Å². The molecule has 1 fully saturated rings. The second-order valence-corrected chi connectivity index (χ2v) is 6.35. The van der Waals surface area contributed by atoms with Crippen LogP contribution in [0.25, 0.3) is 6.08 Å². The smallest absolute Gasteiger partial charge is 0.264 e. The van der Waals surface area contributed by atoms with Crippen molar-refractivity contribution in [1.82, 2.24) is 5.32 Å². The van der Waals surface area contributed by atoms with Crippen LogP contribution in [0.4, 0.5) is 5.69 Å². The average molecular weight is 338 g/mol. The summed E-state index contributed by atoms with van der Waals surface area (Å²) in [5.74, 6) is 0.663. The molecule has 2 aromatic rings. The maximum absolute atomic E-state index is 12.1. The van der Waals surface area contributed by atoms with E-state index >= 15 is 0 Å². The molecule has 1 aliphatic heterocycles. The molecule has 4 nitrogen and oxygen atoms in total. The van der Waals surface area contributed by atoms with Crippen LogP contribution in [0.2, 0.25) is 0 Å². The highest BCUT2D eigenvalue weighted by molar-refractivity contribution is 8.18. The fourth-order valence-electron chi connectivity index (χ4n) is 2.23. The highest BCUT2D eigenvalue weighted by Crippen LogP contribution is 2.28. The largest absolute Gasteiger partial charge is 0.494 e. The first kappa shape index (κ1) is 16.3. The number of aliphatic imine (C=N–C) groups is 1. The zero-order valence-corrected chi connectivity index (χ0v) is 14.4. The number of ether oxygens (including phenoxy) is 1. The Balaban J connectivity index is 1.79. The van der Waals surface area contributed by atoms with E-state index in [9.17, 15) is 4.79 Å². The first-order valence-corrected chi connectivity index (χ1v) is 8.55. The molecule has 24 heavy (non-hydrogen) atoms. The first-order chi connectivity index (χ1) is 11.6. The highest BCUT2D eigenvalue weighted by Gasteiger charge is 2.23. The van der Waals surface area contributed by atoms with Crippen molar-refractivity contribution >= 4 is 34.6 Å². The van der Waals surface area contributed by atoms with Gasteiger partial charge in [-0.15, -0.1) is 0 Å². The Morgan fingerprint density at radius 1 is 1.21 bits per heavy atom. The summed E-state index contributed by atoms with van der Waals surface area (Å²) in [6, 6.07) is 15.5. The molecule has 1 amide bonds. The Kier molecular flexibility index (Phi) is 5.01. The number of aryl methyl sites for hydroxylation is 1. The third-order valence-electron chi connectivity index (χ3n) is 3.38. The molecule has 0 radical (unpaired) electrons. The number of carbonyl (C=O) groups excluding carboxylic acids is 1. The van der Waals surface area contributed by atoms with E-state index in [0.717, 1.165) is 17.0 Å². The number of rotatable bonds is 4. The maximum atomic E-state index is 12.1. The third kappa shape index (κ3) is 4.06. The molecule has 1 aliphatic rings. The van der Waals surface area contributed by atoms with Gasteiger partial charge in [0.05, 0.1) is 17.2 Å². The third-order valence-corrected chi connectivity index (χ3v) is 4.29. The lowest BCUT2D eigenvalue weighted by atomic mass is 10.2. The van der Waals surface area contributed by atoms with E-state index < -0.39 is 0 Å². The highest BCUT2D eigenvalue weighted by atomic mass is 32.2. The molecule has 0 aromatic heterocycles. The molecule has 0 atom stereocenters. The second kappa shape index (κ2) is 7.36. The quantitative estimate of drug-likeness (QED) is 0.846. The summed E-state index contributed by atoms with van der Waals surface area (Å²) in [6.45, 7) is 4.59. The van der Waals surface area contributed by atoms with E-state index in [4.69, 9.17) is 4.74 Å². The molecule has 2 aromatic carbocycles. The number of nitrogens with zero attached hydrogens (tertiary/aromatic N) is 1. The van der Waals surface area contributed by atoms with Crippen molar-refractivity contribution in [3.63, 3.8) is 0 Å². The van der Waals surface area contributed by atoms with Crippen molar-refractivity contribution in [2.24, 2.45) is 4.99 Å². The van der Waals surface area contributed by atoms with Gasteiger partial charge in [0.2, 0.25) is 0 Å². The van der Waals surface area contributed by atoms with Crippen molar-refractivity contribution in [2.45, 2.75) is 13.8 Å². The van der Waals surface area contributed by atoms with Crippen molar-refractivity contribution in [2.75, 3.05) is 6.61 Å². The number of benzene rings is 2. The topological polar surface area (TPSA) is 50.7 Å². The van der Waals surface area contributed by atoms with Gasteiger partial charge in [0, 0.05) is 0 Å². The van der Waals surface area contributed by atoms with Crippen molar-refractivity contribution in [3.05, 3.63) is 64.6 Å². The molecule has 122 valence electrons. The van der Waals surface area contributed by atoms with Gasteiger partial charge in [0.1, 0.15) is 5.75 Å². The standard InChI is InChI=1S/C19H18N2O2S/c1-3-23-16-6-4-5-14(11-16)12-17-18(22)21-19(24-17)20-15-9-7-13(2)8-10-15/h4-12H,3H2,1-2H3,(H,20,21,22)/b17-12-. The van der Waals surface area contributed by atoms with Gasteiger partial charge in [-0.3, -0.25) is 4.79 Å². The van der Waals surface area contributed by atoms with Crippen LogP contribution in [-0.2, 0) is 4.79 Å². The SMILES string of the molecule is CCOc1cccc(/C=C2\SC(=Nc3ccc(C)cc3)NC2=O)c1. The molecule has 1 saturated heterocycles. The number of thioether (sulfide) groups is 1. The lowest BCUT2D eigenvalue weighted by Gasteiger charge is -2.03. The Morgan fingerprint density at radius 2 is 2.00 bits per heavy atom. The van der Waals surface area contributed by atoms with E-state index in [1.54, 1.807) is 0 Å². The van der Waals surface area contributed by atoms with Gasteiger partial charge in [-0.1, -0.05) is 29.8 Å². The molecular formula is C19H18N2O2S. The molecule has 3 rings (SSSR count). The van der Waals surface area contributed by atoms with Crippen LogP contribution >= 0.6 is 11.8 Å². The maximum Gasteiger partial charge on any atom is 0.264 e. The Bertz CT molecular complexity index is 810.